The summed E-state index contributed by atoms with van der Waals surface area (Å²) >= 11 is 0. The predicted molar refractivity (Wildman–Crippen MR) is 96.2 cm³/mol. The third kappa shape index (κ3) is 3.10. The minimum atomic E-state index is -0.761. The molecule has 0 saturated carbocycles. The molecule has 0 N–H and O–H groups in total. The molecule has 1 aliphatic rings. The third-order valence-electron chi connectivity index (χ3n) is 4.50. The first kappa shape index (κ1) is 18.1. The zero-order valence-corrected chi connectivity index (χ0v) is 15.3. The number of carbonyl (C=O) groups is 3. The number of benzene rings is 1. The summed E-state index contributed by atoms with van der Waals surface area (Å²) in [5, 5.41) is 1.03. The fourth-order valence-corrected chi connectivity index (χ4v) is 3.27. The Morgan fingerprint density at radius 2 is 1.73 bits per heavy atom. The molecule has 1 aliphatic heterocycles. The molecule has 138 valence electrons. The number of para-hydroxylation sites is 1. The highest BCUT2D eigenvalue weighted by Crippen LogP contribution is 2.27. The lowest BCUT2D eigenvalue weighted by Gasteiger charge is -2.22. The molecule has 2 heterocycles. The monoisotopic (exact) mass is 357 g/mol. The van der Waals surface area contributed by atoms with Crippen LogP contribution in [0.3, 0.4) is 0 Å². The van der Waals surface area contributed by atoms with Crippen LogP contribution < -0.4 is 0 Å². The largest absolute Gasteiger partial charge is 0.461 e. The molecule has 2 aromatic rings. The molecule has 0 bridgehead atoms. The van der Waals surface area contributed by atoms with E-state index in [1.54, 1.807) is 0 Å². The summed E-state index contributed by atoms with van der Waals surface area (Å²) in [5.41, 5.74) is 1.87. The molecule has 0 spiro atoms. The lowest BCUT2D eigenvalue weighted by Crippen LogP contribution is -2.40. The second kappa shape index (κ2) is 7.29. The molecule has 4 amide bonds. The Labute approximate surface area is 152 Å². The lowest BCUT2D eigenvalue weighted by molar-refractivity contribution is -0.143. The van der Waals surface area contributed by atoms with Gasteiger partial charge < -0.3 is 4.42 Å². The summed E-state index contributed by atoms with van der Waals surface area (Å²) < 4.78 is 5.89. The lowest BCUT2D eigenvalue weighted by atomic mass is 10.1. The van der Waals surface area contributed by atoms with E-state index in [4.69, 9.17) is 4.42 Å². The van der Waals surface area contributed by atoms with Crippen molar-refractivity contribution in [1.29, 1.82) is 0 Å². The Morgan fingerprint density at radius 3 is 2.42 bits per heavy atom. The first-order valence-electron chi connectivity index (χ1n) is 8.83. The summed E-state index contributed by atoms with van der Waals surface area (Å²) in [4.78, 5) is 40.3. The van der Waals surface area contributed by atoms with Gasteiger partial charge in [-0.1, -0.05) is 32.0 Å². The molecule has 0 radical (unpaired) electrons. The fourth-order valence-electron chi connectivity index (χ4n) is 3.27. The molecule has 0 atom stereocenters. The van der Waals surface area contributed by atoms with E-state index >= 15 is 0 Å². The smallest absolute Gasteiger partial charge is 0.335 e. The van der Waals surface area contributed by atoms with Crippen molar-refractivity contribution in [3.8, 4) is 0 Å². The third-order valence-corrected chi connectivity index (χ3v) is 4.50. The van der Waals surface area contributed by atoms with E-state index in [0.29, 0.717) is 13.0 Å². The van der Waals surface area contributed by atoms with Crippen LogP contribution in [0, 0.1) is 0 Å². The zero-order chi connectivity index (χ0) is 18.8. The van der Waals surface area contributed by atoms with E-state index in [-0.39, 0.29) is 13.2 Å². The van der Waals surface area contributed by atoms with Crippen LogP contribution in [0.25, 0.3) is 11.0 Å². The molecule has 26 heavy (non-hydrogen) atoms. The maximum atomic E-state index is 12.4. The van der Waals surface area contributed by atoms with Crippen LogP contribution >= 0.6 is 0 Å². The number of amides is 4. The van der Waals surface area contributed by atoms with Crippen LogP contribution in [-0.2, 0) is 22.6 Å². The van der Waals surface area contributed by atoms with E-state index in [9.17, 15) is 14.4 Å². The molecule has 3 rings (SSSR count). The van der Waals surface area contributed by atoms with Crippen molar-refractivity contribution in [1.82, 2.24) is 14.7 Å². The topological polar surface area (TPSA) is 74.1 Å². The molecule has 0 unspecified atom stereocenters. The van der Waals surface area contributed by atoms with Gasteiger partial charge in [-0.3, -0.25) is 19.4 Å². The number of furan rings is 1. The average molecular weight is 357 g/mol. The van der Waals surface area contributed by atoms with Crippen molar-refractivity contribution in [2.45, 2.75) is 33.2 Å². The first-order valence-corrected chi connectivity index (χ1v) is 8.83. The van der Waals surface area contributed by atoms with Gasteiger partial charge in [0.1, 0.15) is 11.3 Å². The second-order valence-corrected chi connectivity index (χ2v) is 6.48. The van der Waals surface area contributed by atoms with Crippen molar-refractivity contribution in [3.63, 3.8) is 0 Å². The predicted octanol–water partition coefficient (Wildman–Crippen LogP) is 2.59. The summed E-state index contributed by atoms with van der Waals surface area (Å²) in [7, 11) is 1.81. The molecular weight excluding hydrogens is 334 g/mol. The molecule has 1 aromatic carbocycles. The minimum Gasteiger partial charge on any atom is -0.461 e. The van der Waals surface area contributed by atoms with Gasteiger partial charge in [0, 0.05) is 30.5 Å². The van der Waals surface area contributed by atoms with Crippen LogP contribution in [-0.4, -0.2) is 52.8 Å². The molecule has 1 saturated heterocycles. The Hall–Kier alpha value is -2.67. The van der Waals surface area contributed by atoms with E-state index < -0.39 is 17.8 Å². The molecule has 1 fully saturated rings. The SMILES string of the molecule is CCCN1C(=O)C(=O)N(CN(C)Cc2c(CC)oc3ccccc23)C1=O. The fraction of sp³-hybridized carbons (Fsp3) is 0.421. The normalized spacial score (nSPS) is 15.2. The molecule has 7 heteroatoms. The maximum absolute atomic E-state index is 12.4. The van der Waals surface area contributed by atoms with Crippen molar-refractivity contribution in [2.24, 2.45) is 0 Å². The van der Waals surface area contributed by atoms with Gasteiger partial charge in [-0.25, -0.2) is 9.69 Å². The number of aryl methyl sites for hydroxylation is 1. The minimum absolute atomic E-state index is 0.0618. The Balaban J connectivity index is 1.77. The van der Waals surface area contributed by atoms with Crippen molar-refractivity contribution < 1.29 is 18.8 Å². The summed E-state index contributed by atoms with van der Waals surface area (Å²) in [5.74, 6) is -0.614. The number of carbonyl (C=O) groups excluding carboxylic acids is 3. The number of hydrogen-bond donors (Lipinski definition) is 0. The van der Waals surface area contributed by atoms with Gasteiger partial charge in [-0.2, -0.15) is 0 Å². The van der Waals surface area contributed by atoms with Crippen molar-refractivity contribution in [3.05, 3.63) is 35.6 Å². The number of rotatable bonds is 7. The van der Waals surface area contributed by atoms with Crippen LogP contribution in [0.4, 0.5) is 4.79 Å². The zero-order valence-electron chi connectivity index (χ0n) is 15.3. The van der Waals surface area contributed by atoms with Crippen molar-refractivity contribution >= 4 is 28.8 Å². The van der Waals surface area contributed by atoms with E-state index in [1.807, 2.05) is 50.1 Å². The summed E-state index contributed by atoms with van der Waals surface area (Å²) in [6, 6.07) is 7.26. The molecule has 0 aliphatic carbocycles. The van der Waals surface area contributed by atoms with Crippen LogP contribution in [0.5, 0.6) is 0 Å². The van der Waals surface area contributed by atoms with Crippen LogP contribution in [0.15, 0.2) is 28.7 Å². The van der Waals surface area contributed by atoms with Gasteiger partial charge in [-0.15, -0.1) is 0 Å². The molecule has 1 aromatic heterocycles. The van der Waals surface area contributed by atoms with E-state index in [0.717, 1.165) is 38.5 Å². The quantitative estimate of drug-likeness (QED) is 0.562. The van der Waals surface area contributed by atoms with Gasteiger partial charge in [0.25, 0.3) is 0 Å². The number of imide groups is 2. The van der Waals surface area contributed by atoms with Crippen LogP contribution in [0.2, 0.25) is 0 Å². The number of urea groups is 1. The van der Waals surface area contributed by atoms with Gasteiger partial charge >= 0.3 is 17.8 Å². The number of nitrogens with zero attached hydrogens (tertiary/aromatic N) is 3. The maximum Gasteiger partial charge on any atom is 0.335 e. The van der Waals surface area contributed by atoms with Crippen LogP contribution in [0.1, 0.15) is 31.6 Å². The summed E-state index contributed by atoms with van der Waals surface area (Å²) in [6.45, 7) is 4.72. The number of fused-ring (bicyclic) bond motifs is 1. The Morgan fingerprint density at radius 1 is 1.04 bits per heavy atom. The van der Waals surface area contributed by atoms with Gasteiger partial charge in [0.15, 0.2) is 0 Å². The standard InChI is InChI=1S/C19H23N3O4/c1-4-10-21-17(23)18(24)22(19(21)25)12-20(3)11-14-13-8-6-7-9-16(13)26-15(14)5-2/h6-9H,4-5,10-12H2,1-3H3. The van der Waals surface area contributed by atoms with Gasteiger partial charge in [0.2, 0.25) is 0 Å². The highest BCUT2D eigenvalue weighted by Gasteiger charge is 2.44. The van der Waals surface area contributed by atoms with Gasteiger partial charge in [-0.05, 0) is 19.5 Å². The summed E-state index contributed by atoms with van der Waals surface area (Å²) in [6.07, 6.45) is 1.37. The molecular formula is C19H23N3O4. The molecule has 7 nitrogen and oxygen atoms in total. The second-order valence-electron chi connectivity index (χ2n) is 6.48. The highest BCUT2D eigenvalue weighted by molar-refractivity contribution is 6.44. The Bertz CT molecular complexity index is 858. The Kier molecular flexibility index (Phi) is 5.08. The average Bonchev–Trinajstić information content (AvgIpc) is 3.08. The van der Waals surface area contributed by atoms with E-state index in [1.165, 1.54) is 0 Å². The number of hydrogen-bond acceptors (Lipinski definition) is 5. The first-order chi connectivity index (χ1) is 12.5. The van der Waals surface area contributed by atoms with E-state index in [2.05, 4.69) is 0 Å². The van der Waals surface area contributed by atoms with Crippen molar-refractivity contribution in [2.75, 3.05) is 20.3 Å². The highest BCUT2D eigenvalue weighted by atomic mass is 16.3. The van der Waals surface area contributed by atoms with Gasteiger partial charge in [0.05, 0.1) is 6.67 Å².